The first-order valence-corrected chi connectivity index (χ1v) is 6.08. The molecule has 1 aromatic rings. The van der Waals surface area contributed by atoms with E-state index in [4.69, 9.17) is 0 Å². The molecule has 1 aliphatic heterocycles. The first-order chi connectivity index (χ1) is 8.50. The molecule has 6 heteroatoms. The number of carbonyl (C=O) groups is 2. The lowest BCUT2D eigenvalue weighted by Crippen LogP contribution is -2.56. The fraction of sp³-hybridized carbons (Fsp3) is 0.583. The van der Waals surface area contributed by atoms with Gasteiger partial charge in [0.1, 0.15) is 6.04 Å². The molecule has 1 saturated heterocycles. The van der Waals surface area contributed by atoms with E-state index in [-0.39, 0.29) is 11.8 Å². The average Bonchev–Trinajstić information content (AvgIpc) is 2.64. The minimum Gasteiger partial charge on any atom is -0.353 e. The highest BCUT2D eigenvalue weighted by molar-refractivity contribution is 5.89. The van der Waals surface area contributed by atoms with E-state index in [0.717, 1.165) is 17.0 Å². The summed E-state index contributed by atoms with van der Waals surface area (Å²) in [7, 11) is 0. The maximum atomic E-state index is 12.2. The average molecular weight is 250 g/mol. The zero-order chi connectivity index (χ0) is 13.3. The number of hydrogen-bond acceptors (Lipinski definition) is 3. The molecule has 1 aromatic heterocycles. The van der Waals surface area contributed by atoms with Gasteiger partial charge in [-0.05, 0) is 20.8 Å². The maximum absolute atomic E-state index is 12.2. The van der Waals surface area contributed by atoms with Gasteiger partial charge in [0, 0.05) is 24.3 Å². The van der Waals surface area contributed by atoms with Crippen molar-refractivity contribution < 1.29 is 9.59 Å². The second kappa shape index (κ2) is 4.80. The van der Waals surface area contributed by atoms with Crippen molar-refractivity contribution in [2.24, 2.45) is 0 Å². The van der Waals surface area contributed by atoms with Crippen LogP contribution in [0.1, 0.15) is 23.9 Å². The summed E-state index contributed by atoms with van der Waals surface area (Å²) in [6, 6.07) is -0.390. The smallest absolute Gasteiger partial charge is 0.242 e. The number of hydrogen-bond donors (Lipinski definition) is 2. The third kappa shape index (κ3) is 2.23. The van der Waals surface area contributed by atoms with Gasteiger partial charge in [-0.25, -0.2) is 0 Å². The molecule has 0 radical (unpaired) electrons. The van der Waals surface area contributed by atoms with E-state index < -0.39 is 6.04 Å². The monoisotopic (exact) mass is 250 g/mol. The summed E-state index contributed by atoms with van der Waals surface area (Å²) >= 11 is 0. The summed E-state index contributed by atoms with van der Waals surface area (Å²) in [6.07, 6.45) is 0.297. The molecule has 2 heterocycles. The number of aromatic nitrogens is 2. The van der Waals surface area contributed by atoms with Gasteiger partial charge in [0.25, 0.3) is 0 Å². The van der Waals surface area contributed by atoms with Gasteiger partial charge < -0.3 is 10.2 Å². The zero-order valence-electron chi connectivity index (χ0n) is 10.9. The topological polar surface area (TPSA) is 78.1 Å². The predicted molar refractivity (Wildman–Crippen MR) is 66.0 cm³/mol. The van der Waals surface area contributed by atoms with Crippen molar-refractivity contribution in [2.75, 3.05) is 13.1 Å². The van der Waals surface area contributed by atoms with Crippen molar-refractivity contribution >= 4 is 11.8 Å². The number of carbonyl (C=O) groups excluding carboxylic acids is 2. The Morgan fingerprint density at radius 1 is 1.50 bits per heavy atom. The van der Waals surface area contributed by atoms with E-state index in [2.05, 4.69) is 15.5 Å². The highest BCUT2D eigenvalue weighted by Gasteiger charge is 2.29. The predicted octanol–water partition coefficient (Wildman–Crippen LogP) is -0.0841. The molecule has 1 fully saturated rings. The molecule has 2 amide bonds. The number of nitrogens with zero attached hydrogens (tertiary/aromatic N) is 2. The van der Waals surface area contributed by atoms with Crippen LogP contribution in [0.25, 0.3) is 0 Å². The molecular weight excluding hydrogens is 232 g/mol. The second-order valence-electron chi connectivity index (χ2n) is 4.64. The number of amides is 2. The van der Waals surface area contributed by atoms with Gasteiger partial charge in [-0.1, -0.05) is 0 Å². The van der Waals surface area contributed by atoms with Crippen molar-refractivity contribution in [1.82, 2.24) is 20.4 Å². The molecule has 1 unspecified atom stereocenters. The summed E-state index contributed by atoms with van der Waals surface area (Å²) < 4.78 is 0. The van der Waals surface area contributed by atoms with Crippen LogP contribution in [0, 0.1) is 13.8 Å². The van der Waals surface area contributed by atoms with Crippen LogP contribution in [-0.4, -0.2) is 46.0 Å². The molecule has 98 valence electrons. The number of aromatic amines is 1. The Kier molecular flexibility index (Phi) is 3.36. The van der Waals surface area contributed by atoms with Crippen LogP contribution in [0.2, 0.25) is 0 Å². The molecule has 0 aliphatic carbocycles. The SMILES string of the molecule is Cc1n[nH]c(C)c1CC(=O)N1CCNC(=O)C1C. The molecule has 0 aromatic carbocycles. The van der Waals surface area contributed by atoms with Crippen molar-refractivity contribution in [1.29, 1.82) is 0 Å². The fourth-order valence-corrected chi connectivity index (χ4v) is 2.21. The molecule has 1 atom stereocenters. The minimum absolute atomic E-state index is 0.0232. The quantitative estimate of drug-likeness (QED) is 0.770. The van der Waals surface area contributed by atoms with Gasteiger partial charge >= 0.3 is 0 Å². The first kappa shape index (κ1) is 12.6. The number of nitrogens with one attached hydrogen (secondary N) is 2. The summed E-state index contributed by atoms with van der Waals surface area (Å²) in [6.45, 7) is 6.62. The van der Waals surface area contributed by atoms with Crippen LogP contribution < -0.4 is 5.32 Å². The maximum Gasteiger partial charge on any atom is 0.242 e. The van der Waals surface area contributed by atoms with E-state index in [9.17, 15) is 9.59 Å². The lowest BCUT2D eigenvalue weighted by molar-refractivity contribution is -0.142. The van der Waals surface area contributed by atoms with Gasteiger partial charge in [-0.2, -0.15) is 5.10 Å². The van der Waals surface area contributed by atoms with Crippen LogP contribution in [0.5, 0.6) is 0 Å². The molecule has 1 aliphatic rings. The van der Waals surface area contributed by atoms with Crippen molar-refractivity contribution in [3.8, 4) is 0 Å². The molecule has 0 bridgehead atoms. The highest BCUT2D eigenvalue weighted by atomic mass is 16.2. The zero-order valence-corrected chi connectivity index (χ0v) is 10.9. The van der Waals surface area contributed by atoms with E-state index in [1.54, 1.807) is 11.8 Å². The van der Waals surface area contributed by atoms with E-state index in [1.165, 1.54) is 0 Å². The summed E-state index contributed by atoms with van der Waals surface area (Å²) in [5.41, 5.74) is 2.68. The molecule has 18 heavy (non-hydrogen) atoms. The molecule has 6 nitrogen and oxygen atoms in total. The largest absolute Gasteiger partial charge is 0.353 e. The Labute approximate surface area is 106 Å². The third-order valence-corrected chi connectivity index (χ3v) is 3.43. The lowest BCUT2D eigenvalue weighted by Gasteiger charge is -2.32. The Bertz CT molecular complexity index is 461. The van der Waals surface area contributed by atoms with Gasteiger partial charge in [0.05, 0.1) is 12.1 Å². The van der Waals surface area contributed by atoms with Crippen molar-refractivity contribution in [3.05, 3.63) is 17.0 Å². The molecular formula is C12H18N4O2. The molecule has 0 spiro atoms. The Morgan fingerprint density at radius 3 is 2.83 bits per heavy atom. The number of aryl methyl sites for hydroxylation is 2. The standard InChI is InChI=1S/C12H18N4O2/c1-7-10(8(2)15-14-7)6-11(17)16-5-4-13-12(18)9(16)3/h9H,4-6H2,1-3H3,(H,13,18)(H,14,15). The molecule has 0 saturated carbocycles. The van der Waals surface area contributed by atoms with Crippen LogP contribution in [0.3, 0.4) is 0 Å². The van der Waals surface area contributed by atoms with Gasteiger partial charge in [0.2, 0.25) is 11.8 Å². The Morgan fingerprint density at radius 2 is 2.22 bits per heavy atom. The van der Waals surface area contributed by atoms with Gasteiger partial charge in [-0.15, -0.1) is 0 Å². The Hall–Kier alpha value is -1.85. The number of rotatable bonds is 2. The summed E-state index contributed by atoms with van der Waals surface area (Å²) in [4.78, 5) is 25.4. The van der Waals surface area contributed by atoms with E-state index in [1.807, 2.05) is 13.8 Å². The van der Waals surface area contributed by atoms with Crippen LogP contribution in [0.15, 0.2) is 0 Å². The van der Waals surface area contributed by atoms with Crippen molar-refractivity contribution in [3.63, 3.8) is 0 Å². The van der Waals surface area contributed by atoms with Gasteiger partial charge in [-0.3, -0.25) is 14.7 Å². The normalized spacial score (nSPS) is 19.8. The van der Waals surface area contributed by atoms with Gasteiger partial charge in [0.15, 0.2) is 0 Å². The fourth-order valence-electron chi connectivity index (χ4n) is 2.21. The van der Waals surface area contributed by atoms with E-state index in [0.29, 0.717) is 19.5 Å². The highest BCUT2D eigenvalue weighted by Crippen LogP contribution is 2.13. The number of piperazine rings is 1. The first-order valence-electron chi connectivity index (χ1n) is 6.08. The van der Waals surface area contributed by atoms with Crippen LogP contribution in [0.4, 0.5) is 0 Å². The minimum atomic E-state index is -0.390. The second-order valence-corrected chi connectivity index (χ2v) is 4.64. The van der Waals surface area contributed by atoms with Crippen molar-refractivity contribution in [2.45, 2.75) is 33.2 Å². The molecule has 2 N–H and O–H groups in total. The molecule has 2 rings (SSSR count). The summed E-state index contributed by atoms with van der Waals surface area (Å²) in [5, 5.41) is 9.69. The third-order valence-electron chi connectivity index (χ3n) is 3.43. The van der Waals surface area contributed by atoms with Crippen LogP contribution in [-0.2, 0) is 16.0 Å². The van der Waals surface area contributed by atoms with E-state index >= 15 is 0 Å². The Balaban J connectivity index is 2.10. The summed E-state index contributed by atoms with van der Waals surface area (Å²) in [5.74, 6) is -0.111. The van der Waals surface area contributed by atoms with Crippen LogP contribution >= 0.6 is 0 Å². The lowest BCUT2D eigenvalue weighted by atomic mass is 10.1. The number of H-pyrrole nitrogens is 1.